The Labute approximate surface area is 100 Å². The average molecular weight is 237 g/mol. The van der Waals surface area contributed by atoms with Crippen LogP contribution in [-0.2, 0) is 0 Å². The summed E-state index contributed by atoms with van der Waals surface area (Å²) in [5, 5.41) is 0. The summed E-state index contributed by atoms with van der Waals surface area (Å²) in [5.74, 6) is -0.345. The van der Waals surface area contributed by atoms with E-state index < -0.39 is 5.82 Å². The minimum absolute atomic E-state index is 0.109. The van der Waals surface area contributed by atoms with Crippen molar-refractivity contribution < 1.29 is 9.18 Å². The summed E-state index contributed by atoms with van der Waals surface area (Å²) >= 11 is 0. The number of aromatic nitrogens is 1. The van der Waals surface area contributed by atoms with Crippen LogP contribution in [0.3, 0.4) is 0 Å². The zero-order chi connectivity index (χ0) is 12.8. The highest BCUT2D eigenvalue weighted by molar-refractivity contribution is 5.94. The highest BCUT2D eigenvalue weighted by Gasteiger charge is 2.42. The molecule has 4 nitrogen and oxygen atoms in total. The third kappa shape index (κ3) is 1.85. The molecule has 0 atom stereocenters. The molecule has 0 aliphatic carbocycles. The van der Waals surface area contributed by atoms with Gasteiger partial charge < -0.3 is 4.90 Å². The summed E-state index contributed by atoms with van der Waals surface area (Å²) in [5.41, 5.74) is 0.432. The van der Waals surface area contributed by atoms with Crippen LogP contribution in [0.5, 0.6) is 0 Å². The average Bonchev–Trinajstić information content (AvgIpc) is 2.42. The van der Waals surface area contributed by atoms with Gasteiger partial charge in [0.1, 0.15) is 0 Å². The first-order valence-electron chi connectivity index (χ1n) is 5.50. The van der Waals surface area contributed by atoms with Gasteiger partial charge in [0.25, 0.3) is 0 Å². The van der Waals surface area contributed by atoms with E-state index in [-0.39, 0.29) is 17.4 Å². The lowest BCUT2D eigenvalue weighted by molar-refractivity contribution is 0.198. The quantitative estimate of drug-likeness (QED) is 0.750. The molecule has 1 aromatic heterocycles. The number of likely N-dealkylation sites (N-methyl/N-ethyl adjacent to an activating group) is 1. The van der Waals surface area contributed by atoms with Crippen molar-refractivity contribution in [1.29, 1.82) is 0 Å². The number of hydrogen-bond acceptors (Lipinski definition) is 2. The Hall–Kier alpha value is -1.65. The van der Waals surface area contributed by atoms with Crippen LogP contribution in [0.1, 0.15) is 19.4 Å². The molecule has 0 N–H and O–H groups in total. The van der Waals surface area contributed by atoms with Gasteiger partial charge in [0.15, 0.2) is 11.6 Å². The van der Waals surface area contributed by atoms with E-state index in [0.717, 1.165) is 5.56 Å². The first kappa shape index (κ1) is 11.8. The summed E-state index contributed by atoms with van der Waals surface area (Å²) in [7, 11) is 1.72. The number of halogens is 1. The number of nitrogens with zero attached hydrogens (tertiary/aromatic N) is 3. The maximum Gasteiger partial charge on any atom is 0.326 e. The van der Waals surface area contributed by atoms with Gasteiger partial charge in [-0.1, -0.05) is 0 Å². The molecule has 0 spiro atoms. The number of carbonyl (C=O) groups excluding carboxylic acids is 1. The summed E-state index contributed by atoms with van der Waals surface area (Å²) in [6.07, 6.45) is 1.57. The number of amides is 2. The van der Waals surface area contributed by atoms with E-state index in [0.29, 0.717) is 6.54 Å². The minimum atomic E-state index is -0.454. The Morgan fingerprint density at radius 2 is 2.12 bits per heavy atom. The topological polar surface area (TPSA) is 36.4 Å². The zero-order valence-corrected chi connectivity index (χ0v) is 10.5. The maximum atomic E-state index is 13.8. The molecule has 2 amide bonds. The molecule has 1 aliphatic heterocycles. The van der Waals surface area contributed by atoms with Crippen molar-refractivity contribution in [2.75, 3.05) is 18.5 Å². The Bertz CT molecular complexity index is 473. The minimum Gasteiger partial charge on any atom is -0.320 e. The van der Waals surface area contributed by atoms with Gasteiger partial charge >= 0.3 is 6.03 Å². The molecule has 0 saturated carbocycles. The van der Waals surface area contributed by atoms with E-state index in [1.807, 2.05) is 13.8 Å². The molecule has 1 saturated heterocycles. The fraction of sp³-hybridized carbons (Fsp3) is 0.500. The van der Waals surface area contributed by atoms with E-state index >= 15 is 0 Å². The SMILES string of the molecule is Cc1cnc(N2CC(C)(C)N(C)C2=O)c(F)c1. The second-order valence-electron chi connectivity index (χ2n) is 5.06. The molecular weight excluding hydrogens is 221 g/mol. The number of hydrogen-bond donors (Lipinski definition) is 0. The summed E-state index contributed by atoms with van der Waals surface area (Å²) < 4.78 is 13.8. The highest BCUT2D eigenvalue weighted by atomic mass is 19.1. The molecule has 17 heavy (non-hydrogen) atoms. The van der Waals surface area contributed by atoms with Crippen molar-refractivity contribution in [3.63, 3.8) is 0 Å². The van der Waals surface area contributed by atoms with Crippen LogP contribution < -0.4 is 4.90 Å². The Morgan fingerprint density at radius 1 is 1.47 bits per heavy atom. The molecule has 0 unspecified atom stereocenters. The van der Waals surface area contributed by atoms with Gasteiger partial charge in [-0.05, 0) is 32.4 Å². The van der Waals surface area contributed by atoms with Gasteiger partial charge in [0.2, 0.25) is 0 Å². The first-order valence-corrected chi connectivity index (χ1v) is 5.50. The summed E-state index contributed by atoms with van der Waals surface area (Å²) in [6, 6.07) is 1.17. The van der Waals surface area contributed by atoms with E-state index in [1.165, 1.54) is 11.0 Å². The third-order valence-electron chi connectivity index (χ3n) is 3.19. The van der Waals surface area contributed by atoms with Crippen molar-refractivity contribution in [3.8, 4) is 0 Å². The van der Waals surface area contributed by atoms with Gasteiger partial charge in [0, 0.05) is 13.2 Å². The standard InChI is InChI=1S/C12H16FN3O/c1-8-5-9(13)10(14-6-8)16-7-12(2,3)15(4)11(16)17/h5-6H,7H2,1-4H3. The first-order chi connectivity index (χ1) is 7.83. The predicted molar refractivity (Wildman–Crippen MR) is 63.5 cm³/mol. The molecule has 0 aromatic carbocycles. The van der Waals surface area contributed by atoms with Crippen LogP contribution in [0, 0.1) is 12.7 Å². The number of anilines is 1. The largest absolute Gasteiger partial charge is 0.326 e. The normalized spacial score (nSPS) is 19.0. The van der Waals surface area contributed by atoms with Gasteiger partial charge in [-0.2, -0.15) is 0 Å². The molecule has 2 heterocycles. The van der Waals surface area contributed by atoms with Crippen LogP contribution in [0.2, 0.25) is 0 Å². The van der Waals surface area contributed by atoms with Crippen LogP contribution in [0.15, 0.2) is 12.3 Å². The molecular formula is C12H16FN3O. The van der Waals surface area contributed by atoms with Crippen LogP contribution in [0.4, 0.5) is 15.0 Å². The number of carbonyl (C=O) groups is 1. The van der Waals surface area contributed by atoms with Crippen molar-refractivity contribution in [3.05, 3.63) is 23.6 Å². The monoisotopic (exact) mass is 237 g/mol. The van der Waals surface area contributed by atoms with E-state index in [9.17, 15) is 9.18 Å². The van der Waals surface area contributed by atoms with Gasteiger partial charge in [-0.3, -0.25) is 4.90 Å². The molecule has 1 aliphatic rings. The molecule has 1 fully saturated rings. The van der Waals surface area contributed by atoms with Crippen molar-refractivity contribution in [2.45, 2.75) is 26.3 Å². The Morgan fingerprint density at radius 3 is 2.59 bits per heavy atom. The fourth-order valence-corrected chi connectivity index (χ4v) is 1.89. The smallest absolute Gasteiger partial charge is 0.320 e. The maximum absolute atomic E-state index is 13.8. The number of rotatable bonds is 1. The van der Waals surface area contributed by atoms with Crippen molar-refractivity contribution >= 4 is 11.8 Å². The van der Waals surface area contributed by atoms with E-state index in [4.69, 9.17) is 0 Å². The van der Waals surface area contributed by atoms with Gasteiger partial charge in [-0.25, -0.2) is 14.2 Å². The zero-order valence-electron chi connectivity index (χ0n) is 10.5. The predicted octanol–water partition coefficient (Wildman–Crippen LogP) is 2.18. The summed E-state index contributed by atoms with van der Waals surface area (Å²) in [4.78, 5) is 19.0. The number of urea groups is 1. The third-order valence-corrected chi connectivity index (χ3v) is 3.19. The number of pyridine rings is 1. The Balaban J connectivity index is 2.39. The fourth-order valence-electron chi connectivity index (χ4n) is 1.89. The molecule has 0 bridgehead atoms. The molecule has 1 aromatic rings. The molecule has 0 radical (unpaired) electrons. The summed E-state index contributed by atoms with van der Waals surface area (Å²) in [6.45, 7) is 6.09. The lowest BCUT2D eigenvalue weighted by Crippen LogP contribution is -2.38. The van der Waals surface area contributed by atoms with Gasteiger partial charge in [-0.15, -0.1) is 0 Å². The lowest BCUT2D eigenvalue weighted by atomic mass is 10.1. The second kappa shape index (κ2) is 3.68. The molecule has 2 rings (SSSR count). The van der Waals surface area contributed by atoms with E-state index in [1.54, 1.807) is 25.1 Å². The van der Waals surface area contributed by atoms with Crippen molar-refractivity contribution in [2.24, 2.45) is 0 Å². The van der Waals surface area contributed by atoms with Crippen molar-refractivity contribution in [1.82, 2.24) is 9.88 Å². The molecule has 5 heteroatoms. The van der Waals surface area contributed by atoms with E-state index in [2.05, 4.69) is 4.98 Å². The van der Waals surface area contributed by atoms with Crippen LogP contribution >= 0.6 is 0 Å². The lowest BCUT2D eigenvalue weighted by Gasteiger charge is -2.24. The second-order valence-corrected chi connectivity index (χ2v) is 5.06. The highest BCUT2D eigenvalue weighted by Crippen LogP contribution is 2.29. The van der Waals surface area contributed by atoms with Crippen LogP contribution in [0.25, 0.3) is 0 Å². The van der Waals surface area contributed by atoms with Gasteiger partial charge in [0.05, 0.1) is 12.1 Å². The number of aryl methyl sites for hydroxylation is 1. The Kier molecular flexibility index (Phi) is 2.56. The van der Waals surface area contributed by atoms with Crippen LogP contribution in [-0.4, -0.2) is 35.0 Å². The molecule has 92 valence electrons.